The van der Waals surface area contributed by atoms with E-state index in [0.717, 1.165) is 25.7 Å². The van der Waals surface area contributed by atoms with Gasteiger partial charge in [-0.25, -0.2) is 0 Å². The first-order chi connectivity index (χ1) is 23.1. The van der Waals surface area contributed by atoms with Crippen LogP contribution in [0.5, 0.6) is 0 Å². The Hall–Kier alpha value is -5.20. The first-order valence-corrected chi connectivity index (χ1v) is 16.9. The summed E-state index contributed by atoms with van der Waals surface area (Å²) in [5, 5.41) is 0. The van der Waals surface area contributed by atoms with Gasteiger partial charge in [0.1, 0.15) is 0 Å². The van der Waals surface area contributed by atoms with Gasteiger partial charge < -0.3 is 0 Å². The summed E-state index contributed by atoms with van der Waals surface area (Å²) < 4.78 is 0. The molecule has 0 unspecified atom stereocenters. The van der Waals surface area contributed by atoms with Crippen LogP contribution in [-0.2, 0) is 25.7 Å². The number of hydrogen-bond donors (Lipinski definition) is 0. The third-order valence-electron chi connectivity index (χ3n) is 10.6. The average Bonchev–Trinajstić information content (AvgIpc) is 3.75. The van der Waals surface area contributed by atoms with Crippen molar-refractivity contribution in [2.45, 2.75) is 39.5 Å². The molecule has 2 aliphatic carbocycles. The van der Waals surface area contributed by atoms with Gasteiger partial charge in [0.05, 0.1) is 0 Å². The summed E-state index contributed by atoms with van der Waals surface area (Å²) in [5.74, 6) is 0. The van der Waals surface area contributed by atoms with E-state index >= 15 is 0 Å². The van der Waals surface area contributed by atoms with E-state index < -0.39 is 0 Å². The molecule has 2 aliphatic rings. The summed E-state index contributed by atoms with van der Waals surface area (Å²) in [6.45, 7) is 4.46. The fourth-order valence-electron chi connectivity index (χ4n) is 8.18. The Kier molecular flexibility index (Phi) is 7.58. The normalized spacial score (nSPS) is 13.6. The summed E-state index contributed by atoms with van der Waals surface area (Å²) in [5.41, 5.74) is 19.3. The van der Waals surface area contributed by atoms with Crippen LogP contribution in [0.25, 0.3) is 34.4 Å². The summed E-state index contributed by atoms with van der Waals surface area (Å²) in [6, 6.07) is 53.9. The van der Waals surface area contributed by atoms with Gasteiger partial charge in [-0.3, -0.25) is 0 Å². The van der Waals surface area contributed by atoms with E-state index in [-0.39, 0.29) is 5.41 Å². The van der Waals surface area contributed by atoms with Crippen molar-refractivity contribution < 1.29 is 0 Å². The first-order valence-electron chi connectivity index (χ1n) is 16.9. The van der Waals surface area contributed by atoms with Crippen molar-refractivity contribution in [3.05, 3.63) is 201 Å². The van der Waals surface area contributed by atoms with E-state index in [1.807, 2.05) is 0 Å². The zero-order valence-electron chi connectivity index (χ0n) is 27.3. The quantitative estimate of drug-likeness (QED) is 0.162. The van der Waals surface area contributed by atoms with Crippen LogP contribution in [0.1, 0.15) is 44.5 Å². The fourth-order valence-corrected chi connectivity index (χ4v) is 8.18. The molecular weight excluding hydrogens is 565 g/mol. The van der Waals surface area contributed by atoms with Crippen LogP contribution < -0.4 is 0 Å². The van der Waals surface area contributed by atoms with Crippen LogP contribution in [0, 0.1) is 19.3 Å². The third-order valence-corrected chi connectivity index (χ3v) is 10.6. The molecule has 0 aliphatic heterocycles. The van der Waals surface area contributed by atoms with E-state index in [1.54, 1.807) is 0 Å². The summed E-state index contributed by atoms with van der Waals surface area (Å²) >= 11 is 0. The molecule has 0 saturated heterocycles. The zero-order valence-corrected chi connectivity index (χ0v) is 27.3. The van der Waals surface area contributed by atoms with E-state index in [1.165, 1.54) is 77.9 Å². The second kappa shape index (κ2) is 12.2. The molecule has 0 fully saturated rings. The van der Waals surface area contributed by atoms with Crippen LogP contribution in [0.15, 0.2) is 157 Å². The van der Waals surface area contributed by atoms with Gasteiger partial charge in [0.15, 0.2) is 0 Å². The molecule has 0 spiro atoms. The second-order valence-corrected chi connectivity index (χ2v) is 13.5. The standard InChI is InChI=1S/C47H40/c1-33-15-9-11-23-41(33)43-25-13-21-37-27-39(29-45(37)43)47(31-35-17-5-3-6-18-35,32-36-19-7-4-8-20-36)40-28-38-22-14-26-44(46(38)30-40)42-24-12-10-16-34(42)2/h3-26,29-30H,27-28,31-32H2,1-2H3. The molecule has 6 aromatic carbocycles. The van der Waals surface area contributed by atoms with Crippen molar-refractivity contribution in [3.63, 3.8) is 0 Å². The maximum atomic E-state index is 2.58. The molecule has 8 rings (SSSR count). The second-order valence-electron chi connectivity index (χ2n) is 13.5. The van der Waals surface area contributed by atoms with Gasteiger partial charge in [-0.1, -0.05) is 169 Å². The third kappa shape index (κ3) is 5.38. The lowest BCUT2D eigenvalue weighted by Gasteiger charge is -2.38. The van der Waals surface area contributed by atoms with Gasteiger partial charge in [-0.2, -0.15) is 0 Å². The predicted octanol–water partition coefficient (Wildman–Crippen LogP) is 11.7. The minimum Gasteiger partial charge on any atom is -0.0622 e. The largest absolute Gasteiger partial charge is 0.0622 e. The molecular formula is C47H40. The SMILES string of the molecule is Cc1ccccc1-c1cccc2c1C=C(C(Cc1ccccc1)(Cc1ccccc1)C1=Cc3c(cccc3-c3ccccc3C)C1)C2. The van der Waals surface area contributed by atoms with E-state index in [2.05, 4.69) is 172 Å². The summed E-state index contributed by atoms with van der Waals surface area (Å²) in [6.07, 6.45) is 9.01. The number of aryl methyl sites for hydroxylation is 2. The molecule has 0 atom stereocenters. The van der Waals surface area contributed by atoms with Crippen molar-refractivity contribution in [1.29, 1.82) is 0 Å². The predicted molar refractivity (Wildman–Crippen MR) is 199 cm³/mol. The topological polar surface area (TPSA) is 0 Å². The zero-order chi connectivity index (χ0) is 31.8. The van der Waals surface area contributed by atoms with Crippen molar-refractivity contribution in [3.8, 4) is 22.3 Å². The first kappa shape index (κ1) is 29.2. The lowest BCUT2D eigenvalue weighted by atomic mass is 9.65. The molecule has 0 bridgehead atoms. The Morgan fingerprint density at radius 3 is 1.21 bits per heavy atom. The van der Waals surface area contributed by atoms with Gasteiger partial charge in [0.25, 0.3) is 0 Å². The minimum atomic E-state index is -0.188. The highest BCUT2D eigenvalue weighted by molar-refractivity contribution is 5.86. The van der Waals surface area contributed by atoms with Crippen molar-refractivity contribution in [1.82, 2.24) is 0 Å². The monoisotopic (exact) mass is 604 g/mol. The Morgan fingerprint density at radius 1 is 0.404 bits per heavy atom. The van der Waals surface area contributed by atoms with Crippen LogP contribution in [0.3, 0.4) is 0 Å². The van der Waals surface area contributed by atoms with E-state index in [9.17, 15) is 0 Å². The molecule has 0 amide bonds. The lowest BCUT2D eigenvalue weighted by Crippen LogP contribution is -2.32. The molecule has 47 heavy (non-hydrogen) atoms. The van der Waals surface area contributed by atoms with Crippen LogP contribution in [0.4, 0.5) is 0 Å². The van der Waals surface area contributed by atoms with E-state index in [0.29, 0.717) is 0 Å². The van der Waals surface area contributed by atoms with Gasteiger partial charge in [-0.05, 0) is 106 Å². The minimum absolute atomic E-state index is 0.188. The number of rotatable bonds is 8. The highest BCUT2D eigenvalue weighted by atomic mass is 14.5. The number of allylic oxidation sites excluding steroid dienone is 2. The highest BCUT2D eigenvalue weighted by Gasteiger charge is 2.42. The molecule has 0 saturated carbocycles. The molecule has 0 N–H and O–H groups in total. The molecule has 0 heterocycles. The van der Waals surface area contributed by atoms with Gasteiger partial charge >= 0.3 is 0 Å². The van der Waals surface area contributed by atoms with Gasteiger partial charge in [0, 0.05) is 5.41 Å². The fraction of sp³-hybridized carbons (Fsp3) is 0.149. The van der Waals surface area contributed by atoms with E-state index in [4.69, 9.17) is 0 Å². The Bertz CT molecular complexity index is 1990. The average molecular weight is 605 g/mol. The lowest BCUT2D eigenvalue weighted by molar-refractivity contribution is 0.414. The summed E-state index contributed by atoms with van der Waals surface area (Å²) in [7, 11) is 0. The van der Waals surface area contributed by atoms with Crippen molar-refractivity contribution in [2.75, 3.05) is 0 Å². The molecule has 6 aromatic rings. The van der Waals surface area contributed by atoms with Gasteiger partial charge in [-0.15, -0.1) is 0 Å². The molecule has 0 heteroatoms. The Labute approximate surface area is 279 Å². The Morgan fingerprint density at radius 2 is 0.787 bits per heavy atom. The number of hydrogen-bond acceptors (Lipinski definition) is 0. The molecule has 0 radical (unpaired) electrons. The Balaban J connectivity index is 1.34. The van der Waals surface area contributed by atoms with Crippen LogP contribution in [0.2, 0.25) is 0 Å². The number of benzene rings is 6. The van der Waals surface area contributed by atoms with Gasteiger partial charge in [0.2, 0.25) is 0 Å². The smallest absolute Gasteiger partial charge is 0.0214 e. The van der Waals surface area contributed by atoms with Crippen molar-refractivity contribution in [2.24, 2.45) is 5.41 Å². The number of fused-ring (bicyclic) bond motifs is 2. The summed E-state index contributed by atoms with van der Waals surface area (Å²) in [4.78, 5) is 0. The highest BCUT2D eigenvalue weighted by Crippen LogP contribution is 2.52. The maximum absolute atomic E-state index is 2.58. The molecule has 228 valence electrons. The molecule has 0 aromatic heterocycles. The molecule has 0 nitrogen and oxygen atoms in total. The van der Waals surface area contributed by atoms with Crippen LogP contribution >= 0.6 is 0 Å². The van der Waals surface area contributed by atoms with Crippen molar-refractivity contribution >= 4 is 12.2 Å². The van der Waals surface area contributed by atoms with Crippen LogP contribution in [-0.4, -0.2) is 0 Å². The maximum Gasteiger partial charge on any atom is 0.0214 e.